The first-order chi connectivity index (χ1) is 13.2. The number of aryl methyl sites for hydroxylation is 2. The number of para-hydroxylation sites is 2. The molecule has 0 unspecified atom stereocenters. The van der Waals surface area contributed by atoms with Crippen LogP contribution < -0.4 is 11.2 Å². The highest BCUT2D eigenvalue weighted by atomic mass is 16.1. The van der Waals surface area contributed by atoms with E-state index in [0.29, 0.717) is 16.7 Å². The van der Waals surface area contributed by atoms with E-state index in [-0.39, 0.29) is 5.56 Å². The molecule has 27 heavy (non-hydrogen) atoms. The van der Waals surface area contributed by atoms with Crippen molar-refractivity contribution in [3.05, 3.63) is 82.3 Å². The van der Waals surface area contributed by atoms with Crippen LogP contribution in [0.15, 0.2) is 70.5 Å². The summed E-state index contributed by atoms with van der Waals surface area (Å²) in [5.74, 6) is 0. The number of aromatic nitrogens is 4. The maximum absolute atomic E-state index is 13.2. The van der Waals surface area contributed by atoms with Crippen molar-refractivity contribution in [2.75, 3.05) is 0 Å². The standard InChI is InChI=1S/C21H19N5O/c1-24-19-18(20(27)26(24)16-11-6-3-7-12-16)17-13-8-14-25(17)21(23-19)22-15-9-4-2-5-10-15/h2-7,9-12H,8,13-14H2,1H3. The summed E-state index contributed by atoms with van der Waals surface area (Å²) >= 11 is 0. The summed E-state index contributed by atoms with van der Waals surface area (Å²) in [4.78, 5) is 22.8. The summed E-state index contributed by atoms with van der Waals surface area (Å²) in [5.41, 5.74) is 4.03. The quantitative estimate of drug-likeness (QED) is 0.554. The fourth-order valence-corrected chi connectivity index (χ4v) is 3.85. The van der Waals surface area contributed by atoms with E-state index in [0.717, 1.165) is 36.5 Å². The topological polar surface area (TPSA) is 57.1 Å². The zero-order valence-electron chi connectivity index (χ0n) is 15.0. The van der Waals surface area contributed by atoms with Gasteiger partial charge in [-0.05, 0) is 37.1 Å². The van der Waals surface area contributed by atoms with Crippen LogP contribution in [0.3, 0.4) is 0 Å². The van der Waals surface area contributed by atoms with Gasteiger partial charge in [0.15, 0.2) is 5.65 Å². The zero-order chi connectivity index (χ0) is 18.4. The Morgan fingerprint density at radius 1 is 1.00 bits per heavy atom. The van der Waals surface area contributed by atoms with Gasteiger partial charge in [-0.15, -0.1) is 0 Å². The van der Waals surface area contributed by atoms with Crippen molar-refractivity contribution in [2.45, 2.75) is 19.4 Å². The average Bonchev–Trinajstić information content (AvgIpc) is 3.27. The van der Waals surface area contributed by atoms with Crippen LogP contribution >= 0.6 is 0 Å². The van der Waals surface area contributed by atoms with Gasteiger partial charge in [-0.25, -0.2) is 9.67 Å². The van der Waals surface area contributed by atoms with E-state index in [2.05, 4.69) is 4.57 Å². The molecule has 0 radical (unpaired) electrons. The Morgan fingerprint density at radius 2 is 1.70 bits per heavy atom. The van der Waals surface area contributed by atoms with E-state index in [1.807, 2.05) is 72.4 Å². The van der Waals surface area contributed by atoms with Crippen LogP contribution in [0.5, 0.6) is 0 Å². The Bertz CT molecular complexity index is 1260. The number of rotatable bonds is 2. The molecule has 4 aromatic rings. The molecular formula is C21H19N5O. The maximum atomic E-state index is 13.2. The van der Waals surface area contributed by atoms with Gasteiger partial charge in [-0.1, -0.05) is 36.4 Å². The predicted molar refractivity (Wildman–Crippen MR) is 104 cm³/mol. The van der Waals surface area contributed by atoms with E-state index < -0.39 is 0 Å². The smallest absolute Gasteiger partial charge is 0.282 e. The third-order valence-electron chi connectivity index (χ3n) is 5.08. The normalized spacial score (nSPS) is 14.0. The van der Waals surface area contributed by atoms with Crippen LogP contribution in [0.4, 0.5) is 5.69 Å². The second kappa shape index (κ2) is 6.09. The monoisotopic (exact) mass is 357 g/mol. The molecule has 0 aliphatic carbocycles. The molecule has 3 heterocycles. The van der Waals surface area contributed by atoms with E-state index in [1.165, 1.54) is 0 Å². The second-order valence-corrected chi connectivity index (χ2v) is 6.74. The van der Waals surface area contributed by atoms with Gasteiger partial charge in [0.05, 0.1) is 11.4 Å². The molecule has 134 valence electrons. The van der Waals surface area contributed by atoms with Gasteiger partial charge in [-0.3, -0.25) is 9.48 Å². The summed E-state index contributed by atoms with van der Waals surface area (Å²) in [6.45, 7) is 0.837. The first-order valence-corrected chi connectivity index (χ1v) is 9.10. The number of fused-ring (bicyclic) bond motifs is 3. The Balaban J connectivity index is 1.86. The van der Waals surface area contributed by atoms with Gasteiger partial charge in [0.1, 0.15) is 5.39 Å². The molecule has 2 aromatic heterocycles. The zero-order valence-corrected chi connectivity index (χ0v) is 15.0. The number of hydrogen-bond acceptors (Lipinski definition) is 3. The minimum atomic E-state index is -0.0249. The van der Waals surface area contributed by atoms with Crippen LogP contribution in [-0.2, 0) is 20.0 Å². The molecule has 0 spiro atoms. The van der Waals surface area contributed by atoms with Crippen molar-refractivity contribution in [1.29, 1.82) is 0 Å². The van der Waals surface area contributed by atoms with Crippen LogP contribution in [0.25, 0.3) is 16.7 Å². The first-order valence-electron chi connectivity index (χ1n) is 9.10. The van der Waals surface area contributed by atoms with Crippen molar-refractivity contribution < 1.29 is 0 Å². The largest absolute Gasteiger partial charge is 0.313 e. The number of hydrogen-bond donors (Lipinski definition) is 0. The fourth-order valence-electron chi connectivity index (χ4n) is 3.85. The third-order valence-corrected chi connectivity index (χ3v) is 5.08. The highest BCUT2D eigenvalue weighted by molar-refractivity contribution is 5.78. The van der Waals surface area contributed by atoms with Gasteiger partial charge in [-0.2, -0.15) is 4.98 Å². The molecule has 6 nitrogen and oxygen atoms in total. The first kappa shape index (κ1) is 15.8. The lowest BCUT2D eigenvalue weighted by Crippen LogP contribution is -2.25. The van der Waals surface area contributed by atoms with Gasteiger partial charge in [0, 0.05) is 19.3 Å². The average molecular weight is 357 g/mol. The van der Waals surface area contributed by atoms with Crippen LogP contribution in [0, 0.1) is 0 Å². The molecule has 0 bridgehead atoms. The van der Waals surface area contributed by atoms with Gasteiger partial charge < -0.3 is 4.57 Å². The molecule has 6 heteroatoms. The van der Waals surface area contributed by atoms with Crippen molar-refractivity contribution in [3.63, 3.8) is 0 Å². The van der Waals surface area contributed by atoms with Crippen molar-refractivity contribution in [2.24, 2.45) is 12.0 Å². The Hall–Kier alpha value is -3.41. The second-order valence-electron chi connectivity index (χ2n) is 6.74. The summed E-state index contributed by atoms with van der Waals surface area (Å²) in [7, 11) is 1.88. The lowest BCUT2D eigenvalue weighted by Gasteiger charge is -2.07. The highest BCUT2D eigenvalue weighted by Gasteiger charge is 2.23. The van der Waals surface area contributed by atoms with Gasteiger partial charge in [0.25, 0.3) is 5.56 Å². The lowest BCUT2D eigenvalue weighted by molar-refractivity contribution is 0.651. The summed E-state index contributed by atoms with van der Waals surface area (Å²) in [6.07, 6.45) is 1.86. The molecular weight excluding hydrogens is 338 g/mol. The maximum Gasteiger partial charge on any atom is 0.282 e. The number of benzene rings is 2. The predicted octanol–water partition coefficient (Wildman–Crippen LogP) is 2.70. The Morgan fingerprint density at radius 3 is 2.44 bits per heavy atom. The van der Waals surface area contributed by atoms with E-state index >= 15 is 0 Å². The van der Waals surface area contributed by atoms with Crippen LogP contribution in [0.2, 0.25) is 0 Å². The molecule has 0 saturated heterocycles. The van der Waals surface area contributed by atoms with Gasteiger partial charge >= 0.3 is 0 Å². The van der Waals surface area contributed by atoms with Gasteiger partial charge in [0.2, 0.25) is 5.62 Å². The minimum Gasteiger partial charge on any atom is -0.313 e. The van der Waals surface area contributed by atoms with Crippen LogP contribution in [-0.4, -0.2) is 18.9 Å². The highest BCUT2D eigenvalue weighted by Crippen LogP contribution is 2.21. The van der Waals surface area contributed by atoms with E-state index in [1.54, 1.807) is 4.68 Å². The Kier molecular flexibility index (Phi) is 3.57. The van der Waals surface area contributed by atoms with Crippen molar-refractivity contribution >= 4 is 16.7 Å². The third kappa shape index (κ3) is 2.44. The molecule has 1 aliphatic heterocycles. The molecule has 1 aliphatic rings. The van der Waals surface area contributed by atoms with Crippen molar-refractivity contribution in [1.82, 2.24) is 18.9 Å². The van der Waals surface area contributed by atoms with E-state index in [4.69, 9.17) is 9.98 Å². The fraction of sp³-hybridized carbons (Fsp3) is 0.190. The summed E-state index contributed by atoms with van der Waals surface area (Å²) in [6, 6.07) is 19.5. The van der Waals surface area contributed by atoms with Crippen molar-refractivity contribution in [3.8, 4) is 5.69 Å². The Labute approximate surface area is 155 Å². The molecule has 0 fully saturated rings. The molecule has 0 N–H and O–H groups in total. The summed E-state index contributed by atoms with van der Waals surface area (Å²) in [5, 5.41) is 0.700. The molecule has 0 saturated carbocycles. The molecule has 0 atom stereocenters. The number of nitrogens with zero attached hydrogens (tertiary/aromatic N) is 5. The lowest BCUT2D eigenvalue weighted by atomic mass is 10.2. The molecule has 2 aromatic carbocycles. The minimum absolute atomic E-state index is 0.0249. The molecule has 5 rings (SSSR count). The summed E-state index contributed by atoms with van der Waals surface area (Å²) < 4.78 is 5.60. The van der Waals surface area contributed by atoms with Crippen LogP contribution in [0.1, 0.15) is 12.1 Å². The SMILES string of the molecule is Cn1c2nc(=Nc3ccccc3)n3c(c2c(=O)n1-c1ccccc1)CCC3. The molecule has 0 amide bonds. The van der Waals surface area contributed by atoms with E-state index in [9.17, 15) is 4.79 Å².